The molecule has 0 radical (unpaired) electrons. The summed E-state index contributed by atoms with van der Waals surface area (Å²) < 4.78 is 0. The van der Waals surface area contributed by atoms with Crippen LogP contribution in [0.15, 0.2) is 0 Å². The van der Waals surface area contributed by atoms with Gasteiger partial charge >= 0.3 is 5.97 Å². The van der Waals surface area contributed by atoms with Crippen molar-refractivity contribution in [1.82, 2.24) is 10.6 Å². The molecular formula is C9H15N3O4S. The van der Waals surface area contributed by atoms with E-state index in [9.17, 15) is 14.4 Å². The molecule has 0 aromatic rings. The van der Waals surface area contributed by atoms with Gasteiger partial charge in [0.2, 0.25) is 11.8 Å². The summed E-state index contributed by atoms with van der Waals surface area (Å²) in [5, 5.41) is 14.1. The van der Waals surface area contributed by atoms with Crippen LogP contribution in [0.4, 0.5) is 0 Å². The molecule has 17 heavy (non-hydrogen) atoms. The number of thioether (sulfide) groups is 1. The SMILES string of the molecule is NC(=O)C[C@H](NC(=O)C1CSCCN1)C(=O)O. The number of carbonyl (C=O) groups excluding carboxylic acids is 2. The lowest BCUT2D eigenvalue weighted by Crippen LogP contribution is -2.53. The van der Waals surface area contributed by atoms with Crippen molar-refractivity contribution in [2.24, 2.45) is 5.73 Å². The van der Waals surface area contributed by atoms with E-state index in [1.807, 2.05) is 0 Å². The van der Waals surface area contributed by atoms with Gasteiger partial charge in [-0.2, -0.15) is 11.8 Å². The molecule has 1 fully saturated rings. The van der Waals surface area contributed by atoms with E-state index in [1.54, 1.807) is 11.8 Å². The molecule has 0 aliphatic carbocycles. The van der Waals surface area contributed by atoms with E-state index in [4.69, 9.17) is 10.8 Å². The molecular weight excluding hydrogens is 246 g/mol. The van der Waals surface area contributed by atoms with Crippen molar-refractivity contribution in [2.75, 3.05) is 18.1 Å². The number of nitrogens with one attached hydrogen (secondary N) is 2. The molecule has 1 rings (SSSR count). The quantitative estimate of drug-likeness (QED) is 0.460. The largest absolute Gasteiger partial charge is 0.480 e. The van der Waals surface area contributed by atoms with Gasteiger partial charge in [0, 0.05) is 18.1 Å². The van der Waals surface area contributed by atoms with Crippen molar-refractivity contribution in [1.29, 1.82) is 0 Å². The molecule has 8 heteroatoms. The fourth-order valence-corrected chi connectivity index (χ4v) is 2.34. The molecule has 1 aliphatic rings. The second-order valence-corrected chi connectivity index (χ2v) is 4.80. The maximum atomic E-state index is 11.7. The van der Waals surface area contributed by atoms with Crippen LogP contribution in [-0.4, -0.2) is 53.0 Å². The minimum atomic E-state index is -1.26. The number of carboxylic acids is 1. The third-order valence-corrected chi connectivity index (χ3v) is 3.32. The molecule has 7 nitrogen and oxygen atoms in total. The Morgan fingerprint density at radius 2 is 2.24 bits per heavy atom. The number of primary amides is 1. The maximum absolute atomic E-state index is 11.7. The van der Waals surface area contributed by atoms with Gasteiger partial charge in [0.25, 0.3) is 0 Å². The smallest absolute Gasteiger partial charge is 0.326 e. The van der Waals surface area contributed by atoms with Crippen molar-refractivity contribution in [3.8, 4) is 0 Å². The van der Waals surface area contributed by atoms with Gasteiger partial charge in [-0.05, 0) is 0 Å². The van der Waals surface area contributed by atoms with Crippen LogP contribution in [-0.2, 0) is 14.4 Å². The third kappa shape index (κ3) is 4.61. The number of carboxylic acid groups (broad SMARTS) is 1. The molecule has 0 bridgehead atoms. The zero-order chi connectivity index (χ0) is 12.8. The maximum Gasteiger partial charge on any atom is 0.326 e. The highest BCUT2D eigenvalue weighted by atomic mass is 32.2. The minimum absolute atomic E-state index is 0.402. The van der Waals surface area contributed by atoms with Crippen LogP contribution in [0, 0.1) is 0 Å². The molecule has 1 aliphatic heterocycles. The van der Waals surface area contributed by atoms with Gasteiger partial charge in [0.15, 0.2) is 0 Å². The summed E-state index contributed by atoms with van der Waals surface area (Å²) in [5.74, 6) is -0.919. The van der Waals surface area contributed by atoms with E-state index in [1.165, 1.54) is 0 Å². The van der Waals surface area contributed by atoms with E-state index in [-0.39, 0.29) is 0 Å². The Hall–Kier alpha value is -1.28. The van der Waals surface area contributed by atoms with Crippen LogP contribution in [0.5, 0.6) is 0 Å². The highest BCUT2D eigenvalue weighted by Gasteiger charge is 2.27. The first kappa shape index (κ1) is 13.8. The monoisotopic (exact) mass is 261 g/mol. The topological polar surface area (TPSA) is 122 Å². The predicted molar refractivity (Wildman–Crippen MR) is 62.5 cm³/mol. The number of hydrogen-bond acceptors (Lipinski definition) is 5. The summed E-state index contributed by atoms with van der Waals surface area (Å²) in [4.78, 5) is 33.2. The average molecular weight is 261 g/mol. The number of aliphatic carboxylic acids is 1. The van der Waals surface area contributed by atoms with Gasteiger partial charge in [0.1, 0.15) is 6.04 Å². The Labute approximate surface area is 102 Å². The molecule has 0 saturated carbocycles. The molecule has 96 valence electrons. The van der Waals surface area contributed by atoms with Crippen molar-refractivity contribution in [3.63, 3.8) is 0 Å². The van der Waals surface area contributed by atoms with Gasteiger partial charge in [-0.15, -0.1) is 0 Å². The highest BCUT2D eigenvalue weighted by Crippen LogP contribution is 2.08. The van der Waals surface area contributed by atoms with Crippen molar-refractivity contribution in [2.45, 2.75) is 18.5 Å². The van der Waals surface area contributed by atoms with Crippen LogP contribution in [0.25, 0.3) is 0 Å². The van der Waals surface area contributed by atoms with E-state index in [0.29, 0.717) is 12.3 Å². The number of rotatable bonds is 5. The number of carbonyl (C=O) groups is 3. The standard InChI is InChI=1S/C9H15N3O4S/c10-7(13)3-5(9(15)16)12-8(14)6-4-17-2-1-11-6/h5-6,11H,1-4H2,(H2,10,13)(H,12,14)(H,15,16)/t5-,6?/m0/s1. The van der Waals surface area contributed by atoms with Crippen molar-refractivity contribution < 1.29 is 19.5 Å². The molecule has 1 unspecified atom stereocenters. The molecule has 2 atom stereocenters. The first-order valence-corrected chi connectivity index (χ1v) is 6.29. The second kappa shape index (κ2) is 6.45. The Balaban J connectivity index is 2.50. The number of nitrogens with two attached hydrogens (primary N) is 1. The first-order valence-electron chi connectivity index (χ1n) is 5.13. The Bertz CT molecular complexity index is 317. The predicted octanol–water partition coefficient (Wildman–Crippen LogP) is -1.86. The fourth-order valence-electron chi connectivity index (χ4n) is 1.41. The lowest BCUT2D eigenvalue weighted by atomic mass is 10.2. The zero-order valence-electron chi connectivity index (χ0n) is 9.14. The highest BCUT2D eigenvalue weighted by molar-refractivity contribution is 7.99. The summed E-state index contributed by atoms with van der Waals surface area (Å²) in [6.07, 6.45) is -0.402. The van der Waals surface area contributed by atoms with Crippen molar-refractivity contribution in [3.05, 3.63) is 0 Å². The Morgan fingerprint density at radius 3 is 2.71 bits per heavy atom. The zero-order valence-corrected chi connectivity index (χ0v) is 9.96. The van der Waals surface area contributed by atoms with Crippen LogP contribution < -0.4 is 16.4 Å². The van der Waals surface area contributed by atoms with Gasteiger partial charge in [0.05, 0.1) is 12.5 Å². The fraction of sp³-hybridized carbons (Fsp3) is 0.667. The van der Waals surface area contributed by atoms with Crippen LogP contribution in [0.3, 0.4) is 0 Å². The van der Waals surface area contributed by atoms with Crippen molar-refractivity contribution >= 4 is 29.5 Å². The molecule has 0 spiro atoms. The molecule has 1 saturated heterocycles. The summed E-state index contributed by atoms with van der Waals surface area (Å²) in [5.41, 5.74) is 4.91. The van der Waals surface area contributed by atoms with Gasteiger partial charge < -0.3 is 21.5 Å². The van der Waals surface area contributed by atoms with E-state index in [0.717, 1.165) is 5.75 Å². The number of amides is 2. The molecule has 0 aromatic heterocycles. The third-order valence-electron chi connectivity index (χ3n) is 2.26. The summed E-state index contributed by atoms with van der Waals surface area (Å²) in [6, 6.07) is -1.67. The van der Waals surface area contributed by atoms with E-state index >= 15 is 0 Å². The molecule has 5 N–H and O–H groups in total. The van der Waals surface area contributed by atoms with Gasteiger partial charge in [-0.25, -0.2) is 4.79 Å². The molecule has 1 heterocycles. The van der Waals surface area contributed by atoms with E-state index in [2.05, 4.69) is 10.6 Å². The van der Waals surface area contributed by atoms with Gasteiger partial charge in [-0.3, -0.25) is 9.59 Å². The summed E-state index contributed by atoms with van der Waals surface area (Å²) in [7, 11) is 0. The summed E-state index contributed by atoms with van der Waals surface area (Å²) in [6.45, 7) is 0.705. The second-order valence-electron chi connectivity index (χ2n) is 3.65. The Morgan fingerprint density at radius 1 is 1.53 bits per heavy atom. The lowest BCUT2D eigenvalue weighted by molar-refractivity contribution is -0.143. The molecule has 2 amide bonds. The summed E-state index contributed by atoms with van der Waals surface area (Å²) >= 11 is 1.62. The Kier molecular flexibility index (Phi) is 5.23. The molecule has 0 aromatic carbocycles. The number of hydrogen-bond donors (Lipinski definition) is 4. The van der Waals surface area contributed by atoms with Gasteiger partial charge in [-0.1, -0.05) is 0 Å². The normalized spacial score (nSPS) is 21.5. The first-order chi connectivity index (χ1) is 8.00. The van der Waals surface area contributed by atoms with E-state index < -0.39 is 36.3 Å². The lowest BCUT2D eigenvalue weighted by Gasteiger charge is -2.23. The van der Waals surface area contributed by atoms with Crippen LogP contribution in [0.1, 0.15) is 6.42 Å². The average Bonchev–Trinajstić information content (AvgIpc) is 2.28. The minimum Gasteiger partial charge on any atom is -0.480 e. The van der Waals surface area contributed by atoms with Crippen LogP contribution in [0.2, 0.25) is 0 Å². The van der Waals surface area contributed by atoms with Crippen LogP contribution >= 0.6 is 11.8 Å².